The van der Waals surface area contributed by atoms with Crippen molar-refractivity contribution in [3.63, 3.8) is 0 Å². The zero-order valence-corrected chi connectivity index (χ0v) is 20.0. The van der Waals surface area contributed by atoms with E-state index >= 15 is 0 Å². The quantitative estimate of drug-likeness (QED) is 0.626. The van der Waals surface area contributed by atoms with Gasteiger partial charge in [-0.15, -0.1) is 0 Å². The van der Waals surface area contributed by atoms with Crippen molar-refractivity contribution in [2.45, 2.75) is 57.9 Å². The third kappa shape index (κ3) is 4.53. The molecule has 4 bridgehead atoms. The zero-order chi connectivity index (χ0) is 24.0. The van der Waals surface area contributed by atoms with Crippen LogP contribution in [0.25, 0.3) is 5.82 Å². The van der Waals surface area contributed by atoms with Crippen molar-refractivity contribution >= 4 is 29.5 Å². The molecule has 2 aromatic rings. The summed E-state index contributed by atoms with van der Waals surface area (Å²) in [6.45, 7) is 3.11. The molecule has 0 atom stereocenters. The van der Waals surface area contributed by atoms with Crippen molar-refractivity contribution in [1.29, 1.82) is 0 Å². The Bertz CT molecular complexity index is 1120. The SMILES string of the molecule is Cc1cc(C)n(-c2ccc(Cl)c(C(=O)OCC(=O)NC(=O)NC34CC5CC(CC(C5)C3)C4)n2)n1. The molecular formula is C24H28ClN5O4. The fourth-order valence-corrected chi connectivity index (χ4v) is 6.63. The number of rotatable bonds is 5. The number of aryl methyl sites for hydroxylation is 2. The average Bonchev–Trinajstić information content (AvgIpc) is 3.08. The lowest BCUT2D eigenvalue weighted by atomic mass is 9.53. The summed E-state index contributed by atoms with van der Waals surface area (Å²) in [4.78, 5) is 41.6. The topological polar surface area (TPSA) is 115 Å². The van der Waals surface area contributed by atoms with Gasteiger partial charge >= 0.3 is 12.0 Å². The number of imide groups is 1. The van der Waals surface area contributed by atoms with Gasteiger partial charge in [0.05, 0.1) is 10.7 Å². The third-order valence-corrected chi connectivity index (χ3v) is 7.56. The van der Waals surface area contributed by atoms with Crippen molar-refractivity contribution in [3.05, 3.63) is 40.3 Å². The number of nitrogens with one attached hydrogen (secondary N) is 2. The maximum absolute atomic E-state index is 12.5. The standard InChI is InChI=1S/C24H28ClN5O4/c1-13-5-14(2)30(29-13)19-4-3-18(25)21(26-19)22(32)34-12-20(31)27-23(33)28-24-9-15-6-16(10-24)8-17(7-15)11-24/h3-5,15-17H,6-12H2,1-2H3,(H2,27,28,31,33). The van der Waals surface area contributed by atoms with Crippen molar-refractivity contribution in [3.8, 4) is 5.82 Å². The summed E-state index contributed by atoms with van der Waals surface area (Å²) in [6.07, 6.45) is 6.71. The molecule has 0 spiro atoms. The number of carbonyl (C=O) groups excluding carboxylic acids is 3. The van der Waals surface area contributed by atoms with Crippen molar-refractivity contribution in [2.24, 2.45) is 17.8 Å². The summed E-state index contributed by atoms with van der Waals surface area (Å²) in [5, 5.41) is 9.79. The maximum Gasteiger partial charge on any atom is 0.359 e. The molecule has 4 fully saturated rings. The number of halogens is 1. The van der Waals surface area contributed by atoms with Gasteiger partial charge < -0.3 is 10.1 Å². The fraction of sp³-hybridized carbons (Fsp3) is 0.542. The lowest BCUT2D eigenvalue weighted by molar-refractivity contribution is -0.123. The molecule has 6 rings (SSSR count). The zero-order valence-electron chi connectivity index (χ0n) is 19.3. The predicted octanol–water partition coefficient (Wildman–Crippen LogP) is 3.49. The Hall–Kier alpha value is -2.94. The van der Waals surface area contributed by atoms with E-state index < -0.39 is 24.5 Å². The fourth-order valence-electron chi connectivity index (χ4n) is 6.45. The van der Waals surface area contributed by atoms with Gasteiger partial charge in [-0.1, -0.05) is 11.6 Å². The first-order valence-electron chi connectivity index (χ1n) is 11.7. The first-order chi connectivity index (χ1) is 16.2. The van der Waals surface area contributed by atoms with Crippen LogP contribution in [-0.4, -0.2) is 44.8 Å². The molecule has 0 aromatic carbocycles. The molecule has 180 valence electrons. The van der Waals surface area contributed by atoms with E-state index in [-0.39, 0.29) is 16.3 Å². The minimum Gasteiger partial charge on any atom is -0.451 e. The Labute approximate surface area is 202 Å². The van der Waals surface area contributed by atoms with Crippen LogP contribution in [-0.2, 0) is 9.53 Å². The highest BCUT2D eigenvalue weighted by molar-refractivity contribution is 6.33. The minimum atomic E-state index is -0.856. The van der Waals surface area contributed by atoms with Crippen LogP contribution in [0.1, 0.15) is 60.4 Å². The number of hydrogen-bond acceptors (Lipinski definition) is 6. The Morgan fingerprint density at radius 3 is 2.35 bits per heavy atom. The lowest BCUT2D eigenvalue weighted by Gasteiger charge is -2.56. The molecule has 4 aliphatic rings. The molecule has 34 heavy (non-hydrogen) atoms. The highest BCUT2D eigenvalue weighted by atomic mass is 35.5. The van der Waals surface area contributed by atoms with E-state index in [1.807, 2.05) is 19.9 Å². The Morgan fingerprint density at radius 2 is 1.76 bits per heavy atom. The Balaban J connectivity index is 1.17. The van der Waals surface area contributed by atoms with Crippen LogP contribution in [0.15, 0.2) is 18.2 Å². The Morgan fingerprint density at radius 1 is 1.12 bits per heavy atom. The average molecular weight is 486 g/mol. The maximum atomic E-state index is 12.5. The van der Waals surface area contributed by atoms with Crippen LogP contribution in [0.4, 0.5) is 4.79 Å². The van der Waals surface area contributed by atoms with E-state index in [0.29, 0.717) is 23.6 Å². The molecule has 2 N–H and O–H groups in total. The molecule has 4 saturated carbocycles. The van der Waals surface area contributed by atoms with E-state index in [2.05, 4.69) is 20.7 Å². The number of hydrogen-bond donors (Lipinski definition) is 2. The monoisotopic (exact) mass is 485 g/mol. The molecule has 0 saturated heterocycles. The number of nitrogens with zero attached hydrogens (tertiary/aromatic N) is 3. The van der Waals surface area contributed by atoms with E-state index in [0.717, 1.165) is 30.7 Å². The lowest BCUT2D eigenvalue weighted by Crippen LogP contribution is -2.62. The summed E-state index contributed by atoms with van der Waals surface area (Å²) >= 11 is 6.14. The molecule has 0 aliphatic heterocycles. The van der Waals surface area contributed by atoms with Gasteiger partial charge in [-0.25, -0.2) is 19.3 Å². The summed E-state index contributed by atoms with van der Waals surface area (Å²) in [5.41, 5.74) is 1.31. The van der Waals surface area contributed by atoms with Crippen molar-refractivity contribution in [1.82, 2.24) is 25.4 Å². The summed E-state index contributed by atoms with van der Waals surface area (Å²) in [6, 6.07) is 4.51. The van der Waals surface area contributed by atoms with Crippen LogP contribution in [0, 0.1) is 31.6 Å². The van der Waals surface area contributed by atoms with E-state index in [4.69, 9.17) is 16.3 Å². The molecule has 4 aliphatic carbocycles. The molecule has 2 aromatic heterocycles. The molecule has 9 nitrogen and oxygen atoms in total. The van der Waals surface area contributed by atoms with E-state index in [9.17, 15) is 14.4 Å². The van der Waals surface area contributed by atoms with Gasteiger partial charge in [0.2, 0.25) is 0 Å². The van der Waals surface area contributed by atoms with Crippen LogP contribution >= 0.6 is 11.6 Å². The number of carbonyl (C=O) groups is 3. The summed E-state index contributed by atoms with van der Waals surface area (Å²) in [5.74, 6) is 0.856. The second-order valence-electron chi connectivity index (χ2n) is 10.1. The van der Waals surface area contributed by atoms with Crippen molar-refractivity contribution < 1.29 is 19.1 Å². The van der Waals surface area contributed by atoms with Gasteiger partial charge in [0.15, 0.2) is 18.1 Å². The van der Waals surface area contributed by atoms with E-state index in [1.54, 1.807) is 10.7 Å². The van der Waals surface area contributed by atoms with Crippen LogP contribution in [0.5, 0.6) is 0 Å². The van der Waals surface area contributed by atoms with Gasteiger partial charge in [0.25, 0.3) is 5.91 Å². The molecule has 0 radical (unpaired) electrons. The van der Waals surface area contributed by atoms with Crippen LogP contribution < -0.4 is 10.6 Å². The number of pyridine rings is 1. The molecule has 3 amide bonds. The molecule has 10 heteroatoms. The number of amides is 3. The van der Waals surface area contributed by atoms with Gasteiger partial charge in [0, 0.05) is 11.2 Å². The minimum absolute atomic E-state index is 0.0928. The molecule has 0 unspecified atom stereocenters. The second-order valence-corrected chi connectivity index (χ2v) is 10.5. The van der Waals surface area contributed by atoms with Crippen LogP contribution in [0.2, 0.25) is 5.02 Å². The largest absolute Gasteiger partial charge is 0.451 e. The normalized spacial score (nSPS) is 26.9. The molecule has 2 heterocycles. The number of aromatic nitrogens is 3. The van der Waals surface area contributed by atoms with Gasteiger partial charge in [-0.2, -0.15) is 5.10 Å². The number of ether oxygens (including phenoxy) is 1. The van der Waals surface area contributed by atoms with Gasteiger partial charge in [0.1, 0.15) is 0 Å². The van der Waals surface area contributed by atoms with Crippen molar-refractivity contribution in [2.75, 3.05) is 6.61 Å². The number of esters is 1. The second kappa shape index (κ2) is 8.69. The summed E-state index contributed by atoms with van der Waals surface area (Å²) in [7, 11) is 0. The highest BCUT2D eigenvalue weighted by Crippen LogP contribution is 2.55. The summed E-state index contributed by atoms with van der Waals surface area (Å²) < 4.78 is 6.67. The first kappa shape index (κ1) is 22.8. The first-order valence-corrected chi connectivity index (χ1v) is 12.1. The predicted molar refractivity (Wildman–Crippen MR) is 124 cm³/mol. The van der Waals surface area contributed by atoms with Gasteiger partial charge in [-0.3, -0.25) is 10.1 Å². The number of urea groups is 1. The third-order valence-electron chi connectivity index (χ3n) is 7.26. The molecular weight excluding hydrogens is 458 g/mol. The smallest absolute Gasteiger partial charge is 0.359 e. The van der Waals surface area contributed by atoms with Crippen LogP contribution in [0.3, 0.4) is 0 Å². The Kier molecular flexibility index (Phi) is 5.83. The van der Waals surface area contributed by atoms with Gasteiger partial charge in [-0.05, 0) is 88.3 Å². The highest BCUT2D eigenvalue weighted by Gasteiger charge is 2.51. The van der Waals surface area contributed by atoms with E-state index in [1.165, 1.54) is 25.3 Å².